The van der Waals surface area contributed by atoms with Crippen molar-refractivity contribution in [3.05, 3.63) is 279 Å². The molecule has 0 unspecified atom stereocenters. The molecule has 11 heteroatoms. The molecule has 0 N–H and O–H groups in total. The quantitative estimate of drug-likeness (QED) is 0.136. The van der Waals surface area contributed by atoms with E-state index in [0.29, 0.717) is 40.5 Å². The van der Waals surface area contributed by atoms with Gasteiger partial charge in [-0.15, -0.1) is 0 Å². The Bertz CT molecular complexity index is 6370. The van der Waals surface area contributed by atoms with Gasteiger partial charge in [-0.25, -0.2) is 29.9 Å². The highest BCUT2D eigenvalue weighted by Crippen LogP contribution is 2.42. The zero-order valence-electron chi connectivity index (χ0n) is 50.3. The Labute approximate surface area is 539 Å². The first-order valence-electron chi connectivity index (χ1n) is 31.4. The summed E-state index contributed by atoms with van der Waals surface area (Å²) in [5.74, 6) is 3.25. The molecule has 0 spiro atoms. The van der Waals surface area contributed by atoms with Crippen molar-refractivity contribution in [2.75, 3.05) is 0 Å². The van der Waals surface area contributed by atoms with E-state index in [4.69, 9.17) is 52.0 Å². The molecule has 11 nitrogen and oxygen atoms in total. The van der Waals surface area contributed by atoms with Gasteiger partial charge in [-0.3, -0.25) is 0 Å². The zero-order valence-corrected chi connectivity index (χ0v) is 50.3. The summed E-state index contributed by atoms with van der Waals surface area (Å²) in [6.45, 7) is 0. The van der Waals surface area contributed by atoms with Crippen molar-refractivity contribution in [3.8, 4) is 102 Å². The van der Waals surface area contributed by atoms with Crippen molar-refractivity contribution >= 4 is 110 Å². The zero-order chi connectivity index (χ0) is 62.2. The minimum Gasteiger partial charge on any atom is -0.456 e. The molecule has 20 aromatic rings. The molecule has 0 aliphatic carbocycles. The summed E-state index contributed by atoms with van der Waals surface area (Å²) in [7, 11) is 0. The molecule has 0 atom stereocenters. The van der Waals surface area contributed by atoms with Crippen LogP contribution in [0.4, 0.5) is 0 Å². The molecule has 95 heavy (non-hydrogen) atoms. The lowest BCUT2D eigenvalue weighted by molar-refractivity contribution is 0.668. The summed E-state index contributed by atoms with van der Waals surface area (Å²) in [6.07, 6.45) is 0. The number of benzene rings is 13. The lowest BCUT2D eigenvalue weighted by atomic mass is 9.94. The standard InChI is InChI=1S/C84H46N6O5/c1-3-13-47(14-4-1)79-85-80(48-15-5-2-6-16-48)87-84(86-79)58-38-56(51-25-32-62-59-17-7-10-20-69(59)91-72(62)42-51)37-57(39-58)52-26-33-67-65-30-23-49(40-73(65)94-75(67)43-52)50-24-31-66-68-36-29-55(46-78(68)95-74(66)41-50)83-89-81(53-27-34-63-60-18-8-11-21-70(60)92-76(63)44-53)88-82(90-83)54-28-35-64-61-19-9-12-22-71(61)93-77(64)45-54/h1-46H. The predicted octanol–water partition coefficient (Wildman–Crippen LogP) is 22.6. The minimum atomic E-state index is 0.499. The van der Waals surface area contributed by atoms with Crippen molar-refractivity contribution in [1.82, 2.24) is 29.9 Å². The van der Waals surface area contributed by atoms with Crippen LogP contribution >= 0.6 is 0 Å². The van der Waals surface area contributed by atoms with E-state index in [9.17, 15) is 0 Å². The molecule has 7 heterocycles. The van der Waals surface area contributed by atoms with Gasteiger partial charge >= 0.3 is 0 Å². The summed E-state index contributed by atoms with van der Waals surface area (Å²) >= 11 is 0. The molecule has 20 rings (SSSR count). The highest BCUT2D eigenvalue weighted by molar-refractivity contribution is 6.11. The summed E-state index contributed by atoms with van der Waals surface area (Å²) in [6, 6.07) is 95.0. The van der Waals surface area contributed by atoms with Crippen LogP contribution in [-0.2, 0) is 0 Å². The third-order valence-corrected chi connectivity index (χ3v) is 18.4. The minimum absolute atomic E-state index is 0.499. The molecule has 0 saturated carbocycles. The average Bonchev–Trinajstić information content (AvgIpc) is 1.75. The molecule has 13 aromatic carbocycles. The number of para-hydroxylation sites is 3. The van der Waals surface area contributed by atoms with E-state index in [1.54, 1.807) is 0 Å². The van der Waals surface area contributed by atoms with E-state index < -0.39 is 0 Å². The van der Waals surface area contributed by atoms with Crippen LogP contribution in [0, 0.1) is 0 Å². The fourth-order valence-corrected chi connectivity index (χ4v) is 13.7. The average molecular weight is 1220 g/mol. The summed E-state index contributed by atoms with van der Waals surface area (Å²) in [4.78, 5) is 30.8. The van der Waals surface area contributed by atoms with Crippen molar-refractivity contribution in [2.45, 2.75) is 0 Å². The summed E-state index contributed by atoms with van der Waals surface area (Å²) in [5, 5.41) is 10.3. The van der Waals surface area contributed by atoms with Crippen molar-refractivity contribution in [2.24, 2.45) is 0 Å². The van der Waals surface area contributed by atoms with Crippen LogP contribution in [0.2, 0.25) is 0 Å². The third-order valence-electron chi connectivity index (χ3n) is 18.4. The number of nitrogens with zero attached hydrogens (tertiary/aromatic N) is 6. The maximum absolute atomic E-state index is 6.85. The van der Waals surface area contributed by atoms with E-state index in [2.05, 4.69) is 133 Å². The first-order chi connectivity index (χ1) is 46.9. The SMILES string of the molecule is c1ccc(-c2nc(-c3ccccc3)nc(-c3cc(-c4ccc5c(c4)oc4ccccc45)cc(-c4ccc5c(c4)oc4cc(-c6ccc7c(c6)oc6cc(-c8nc(-c9ccc%10c(c9)oc9ccccc9%10)nc(-c9ccc%10c(c9)oc9ccccc9%10)n8)ccc67)ccc45)c3)n2)cc1. The van der Waals surface area contributed by atoms with E-state index in [1.807, 2.05) is 146 Å². The topological polar surface area (TPSA) is 143 Å². The highest BCUT2D eigenvalue weighted by Gasteiger charge is 2.21. The Hall–Kier alpha value is -13.1. The normalized spacial score (nSPS) is 12.0. The van der Waals surface area contributed by atoms with Gasteiger partial charge in [0.05, 0.1) is 0 Å². The second-order valence-corrected chi connectivity index (χ2v) is 24.1. The number of hydrogen-bond donors (Lipinski definition) is 0. The Morgan fingerprint density at radius 1 is 0.137 bits per heavy atom. The second kappa shape index (κ2) is 20.7. The number of rotatable bonds is 9. The Morgan fingerprint density at radius 2 is 0.347 bits per heavy atom. The maximum Gasteiger partial charge on any atom is 0.164 e. The second-order valence-electron chi connectivity index (χ2n) is 24.1. The predicted molar refractivity (Wildman–Crippen MR) is 379 cm³/mol. The first-order valence-corrected chi connectivity index (χ1v) is 31.4. The van der Waals surface area contributed by atoms with Gasteiger partial charge < -0.3 is 22.1 Å². The summed E-state index contributed by atoms with van der Waals surface area (Å²) in [5.41, 5.74) is 18.7. The number of furan rings is 5. The molecule has 0 saturated heterocycles. The van der Waals surface area contributed by atoms with Gasteiger partial charge in [0.25, 0.3) is 0 Å². The molecule has 442 valence electrons. The van der Waals surface area contributed by atoms with E-state index in [-0.39, 0.29) is 0 Å². The maximum atomic E-state index is 6.85. The fraction of sp³-hybridized carbons (Fsp3) is 0. The Balaban J connectivity index is 0.660. The number of aromatic nitrogens is 6. The van der Waals surface area contributed by atoms with Crippen LogP contribution in [0.5, 0.6) is 0 Å². The van der Waals surface area contributed by atoms with Gasteiger partial charge in [0.1, 0.15) is 55.8 Å². The van der Waals surface area contributed by atoms with Crippen LogP contribution in [0.15, 0.2) is 301 Å². The van der Waals surface area contributed by atoms with E-state index >= 15 is 0 Å². The van der Waals surface area contributed by atoms with Gasteiger partial charge in [0, 0.05) is 87.2 Å². The molecule has 7 aromatic heterocycles. The lowest BCUT2D eigenvalue weighted by Crippen LogP contribution is -2.00. The third kappa shape index (κ3) is 8.82. The van der Waals surface area contributed by atoms with Crippen molar-refractivity contribution in [1.29, 1.82) is 0 Å². The summed E-state index contributed by atoms with van der Waals surface area (Å²) < 4.78 is 32.7. The van der Waals surface area contributed by atoms with Crippen molar-refractivity contribution in [3.63, 3.8) is 0 Å². The smallest absolute Gasteiger partial charge is 0.164 e. The van der Waals surface area contributed by atoms with Crippen molar-refractivity contribution < 1.29 is 22.1 Å². The van der Waals surface area contributed by atoms with Crippen LogP contribution in [0.25, 0.3) is 211 Å². The monoisotopic (exact) mass is 1220 g/mol. The Morgan fingerprint density at radius 3 is 0.663 bits per heavy atom. The molecule has 0 radical (unpaired) electrons. The number of hydrogen-bond acceptors (Lipinski definition) is 11. The van der Waals surface area contributed by atoms with Gasteiger partial charge in [0.15, 0.2) is 34.9 Å². The van der Waals surface area contributed by atoms with Gasteiger partial charge in [-0.1, -0.05) is 158 Å². The van der Waals surface area contributed by atoms with Crippen LogP contribution in [0.1, 0.15) is 0 Å². The molecular formula is C84H46N6O5. The molecule has 0 amide bonds. The molecule has 0 fully saturated rings. The molecular weight excluding hydrogens is 1170 g/mol. The van der Waals surface area contributed by atoms with Crippen LogP contribution < -0.4 is 0 Å². The molecule has 0 aliphatic rings. The highest BCUT2D eigenvalue weighted by atomic mass is 16.3. The van der Waals surface area contributed by atoms with Crippen LogP contribution in [-0.4, -0.2) is 29.9 Å². The van der Waals surface area contributed by atoms with Crippen LogP contribution in [0.3, 0.4) is 0 Å². The Kier molecular flexibility index (Phi) is 11.5. The van der Waals surface area contributed by atoms with Gasteiger partial charge in [0.2, 0.25) is 0 Å². The molecule has 0 bridgehead atoms. The van der Waals surface area contributed by atoms with Gasteiger partial charge in [-0.05, 0) is 155 Å². The van der Waals surface area contributed by atoms with E-state index in [0.717, 1.165) is 171 Å². The lowest BCUT2D eigenvalue weighted by Gasteiger charge is -2.12. The largest absolute Gasteiger partial charge is 0.456 e. The van der Waals surface area contributed by atoms with E-state index in [1.165, 1.54) is 0 Å². The first kappa shape index (κ1) is 52.6. The fourth-order valence-electron chi connectivity index (χ4n) is 13.7. The number of fused-ring (bicyclic) bond motifs is 15. The van der Waals surface area contributed by atoms with Gasteiger partial charge in [-0.2, -0.15) is 0 Å². The molecule has 0 aliphatic heterocycles.